The number of hydrogen-bond donors (Lipinski definition) is 1. The van der Waals surface area contributed by atoms with Crippen molar-refractivity contribution < 1.29 is 19.3 Å². The van der Waals surface area contributed by atoms with E-state index in [1.54, 1.807) is 12.3 Å². The molecule has 5 rings (SSSR count). The van der Waals surface area contributed by atoms with Crippen LogP contribution in [-0.4, -0.2) is 52.2 Å². The van der Waals surface area contributed by atoms with Crippen LogP contribution >= 0.6 is 0 Å². The Bertz CT molecular complexity index is 1270. The van der Waals surface area contributed by atoms with Crippen LogP contribution in [0.4, 0.5) is 0 Å². The van der Waals surface area contributed by atoms with Crippen LogP contribution in [0.3, 0.4) is 0 Å². The molecule has 2 aromatic heterocycles. The first-order valence-corrected chi connectivity index (χ1v) is 13.8. The number of ether oxygens (including phenoxy) is 1. The average molecular weight is 517 g/mol. The van der Waals surface area contributed by atoms with Gasteiger partial charge in [-0.1, -0.05) is 13.0 Å². The number of carbonyl (C=O) groups is 2. The number of nitrogens with one attached hydrogen (secondary N) is 1. The number of hydrogen-bond acceptors (Lipinski definition) is 7. The summed E-state index contributed by atoms with van der Waals surface area (Å²) in [6.45, 7) is 6.94. The van der Waals surface area contributed by atoms with Crippen molar-refractivity contribution in [2.45, 2.75) is 76.9 Å². The van der Waals surface area contributed by atoms with Gasteiger partial charge in [0.15, 0.2) is 5.69 Å². The molecule has 8 nitrogen and oxygen atoms in total. The van der Waals surface area contributed by atoms with Gasteiger partial charge in [-0.05, 0) is 88.7 Å². The number of pyridine rings is 1. The first-order chi connectivity index (χ1) is 18.3. The van der Waals surface area contributed by atoms with Gasteiger partial charge in [-0.3, -0.25) is 19.5 Å². The van der Waals surface area contributed by atoms with E-state index in [0.717, 1.165) is 49.9 Å². The second-order valence-corrected chi connectivity index (χ2v) is 11.0. The van der Waals surface area contributed by atoms with Crippen LogP contribution in [0.2, 0.25) is 0 Å². The molecule has 0 unspecified atom stereocenters. The zero-order valence-electron chi connectivity index (χ0n) is 22.5. The van der Waals surface area contributed by atoms with E-state index in [9.17, 15) is 9.59 Å². The van der Waals surface area contributed by atoms with Crippen molar-refractivity contribution in [2.24, 2.45) is 11.1 Å². The molecule has 8 heteroatoms. The SMILES string of the molecule is C=C[C@H](Oc1cc(-c2ccc(C)nc2)nc(C(=O)C2=C(N)[C@]3(CCCCC3=O)CCC2)[nH+]1)[C@@H]1CCCN1C. The molecular formula is C30H38N5O3+. The van der Waals surface area contributed by atoms with Crippen molar-refractivity contribution in [3.63, 3.8) is 0 Å². The van der Waals surface area contributed by atoms with E-state index in [0.29, 0.717) is 48.5 Å². The quantitative estimate of drug-likeness (QED) is 0.437. The van der Waals surface area contributed by atoms with Crippen LogP contribution in [-0.2, 0) is 4.79 Å². The molecule has 3 aliphatic rings. The first-order valence-electron chi connectivity index (χ1n) is 13.8. The third-order valence-corrected chi connectivity index (χ3v) is 8.55. The summed E-state index contributed by atoms with van der Waals surface area (Å²) in [7, 11) is 2.09. The molecule has 0 amide bonds. The Labute approximate surface area is 224 Å². The van der Waals surface area contributed by atoms with Crippen LogP contribution in [0.25, 0.3) is 11.3 Å². The molecule has 0 bridgehead atoms. The summed E-state index contributed by atoms with van der Waals surface area (Å²) in [4.78, 5) is 41.5. The maximum Gasteiger partial charge on any atom is 0.372 e. The highest BCUT2D eigenvalue weighted by Gasteiger charge is 2.46. The molecular weight excluding hydrogens is 478 g/mol. The van der Waals surface area contributed by atoms with Crippen molar-refractivity contribution in [1.82, 2.24) is 14.9 Å². The molecule has 1 saturated carbocycles. The number of allylic oxidation sites excluding steroid dienone is 2. The topological polar surface area (TPSA) is 113 Å². The first kappa shape index (κ1) is 26.2. The summed E-state index contributed by atoms with van der Waals surface area (Å²) in [6, 6.07) is 5.85. The van der Waals surface area contributed by atoms with E-state index in [1.807, 2.05) is 25.1 Å². The van der Waals surface area contributed by atoms with Crippen molar-refractivity contribution in [3.8, 4) is 17.1 Å². The number of rotatable bonds is 7. The van der Waals surface area contributed by atoms with Gasteiger partial charge < -0.3 is 10.5 Å². The second kappa shape index (κ2) is 10.8. The molecule has 1 saturated heterocycles. The lowest BCUT2D eigenvalue weighted by molar-refractivity contribution is -0.404. The summed E-state index contributed by atoms with van der Waals surface area (Å²) >= 11 is 0. The Hall–Kier alpha value is -3.39. The summed E-state index contributed by atoms with van der Waals surface area (Å²) < 4.78 is 6.41. The minimum absolute atomic E-state index is 0.152. The summed E-state index contributed by atoms with van der Waals surface area (Å²) in [5.41, 5.74) is 9.14. The van der Waals surface area contributed by atoms with E-state index in [4.69, 9.17) is 15.5 Å². The lowest BCUT2D eigenvalue weighted by atomic mass is 9.64. The maximum atomic E-state index is 14.0. The molecule has 2 fully saturated rings. The molecule has 3 atom stereocenters. The van der Waals surface area contributed by atoms with Crippen LogP contribution in [0.5, 0.6) is 5.88 Å². The molecule has 3 heterocycles. The molecule has 0 radical (unpaired) electrons. The fraction of sp³-hybridized carbons (Fsp3) is 0.500. The van der Waals surface area contributed by atoms with E-state index >= 15 is 0 Å². The predicted molar refractivity (Wildman–Crippen MR) is 144 cm³/mol. The third kappa shape index (κ3) is 4.89. The summed E-state index contributed by atoms with van der Waals surface area (Å²) in [6.07, 6.45) is 10.5. The van der Waals surface area contributed by atoms with Gasteiger partial charge in [-0.2, -0.15) is 0 Å². The zero-order chi connectivity index (χ0) is 26.9. The highest BCUT2D eigenvalue weighted by Crippen LogP contribution is 2.47. The Morgan fingerprint density at radius 1 is 1.26 bits per heavy atom. The molecule has 0 aromatic carbocycles. The molecule has 2 aliphatic carbocycles. The number of likely N-dealkylation sites (tertiary alicyclic amines) is 1. The highest BCUT2D eigenvalue weighted by molar-refractivity contribution is 6.07. The van der Waals surface area contributed by atoms with E-state index in [-0.39, 0.29) is 29.5 Å². The number of nitrogens with two attached hydrogens (primary N) is 1. The largest absolute Gasteiger partial charge is 0.453 e. The van der Waals surface area contributed by atoms with Crippen LogP contribution in [0, 0.1) is 12.3 Å². The minimum atomic E-state index is -0.708. The minimum Gasteiger partial charge on any atom is -0.453 e. The Morgan fingerprint density at radius 3 is 2.76 bits per heavy atom. The molecule has 1 spiro atoms. The standard InChI is InChI=1S/C30H37N5O3/c1-4-24(23-10-8-16-35(23)3)38-26-17-22(20-13-12-19(2)32-18-20)33-29(34-26)27(37)21-9-7-15-30(28(21)31)14-6-5-11-25(30)36/h4,12-13,17-18,23-24H,1,5-11,14-16,31H2,2-3H3/p+1/t23-,24-,30+/m0/s1. The lowest BCUT2D eigenvalue weighted by Gasteiger charge is -2.40. The van der Waals surface area contributed by atoms with Crippen molar-refractivity contribution in [2.75, 3.05) is 13.6 Å². The average Bonchev–Trinajstić information content (AvgIpc) is 3.35. The van der Waals surface area contributed by atoms with Crippen LogP contribution < -0.4 is 15.5 Å². The summed E-state index contributed by atoms with van der Waals surface area (Å²) in [5.74, 6) is 0.475. The Kier molecular flexibility index (Phi) is 7.43. The molecule has 3 N–H and O–H groups in total. The van der Waals surface area contributed by atoms with Gasteiger partial charge in [-0.25, -0.2) is 4.98 Å². The maximum absolute atomic E-state index is 14.0. The number of H-pyrrole nitrogens is 1. The van der Waals surface area contributed by atoms with Gasteiger partial charge >= 0.3 is 5.82 Å². The van der Waals surface area contributed by atoms with Gasteiger partial charge in [0.2, 0.25) is 0 Å². The zero-order valence-corrected chi connectivity index (χ0v) is 22.5. The highest BCUT2D eigenvalue weighted by atomic mass is 16.5. The molecule has 1 aliphatic heterocycles. The van der Waals surface area contributed by atoms with Crippen molar-refractivity contribution in [3.05, 3.63) is 59.8 Å². The predicted octanol–water partition coefficient (Wildman–Crippen LogP) is 4.00. The van der Waals surface area contributed by atoms with Gasteiger partial charge in [-0.15, -0.1) is 0 Å². The monoisotopic (exact) mass is 516 g/mol. The number of nitrogens with zero attached hydrogens (tertiary/aromatic N) is 3. The smallest absolute Gasteiger partial charge is 0.372 e. The third-order valence-electron chi connectivity index (χ3n) is 8.55. The van der Waals surface area contributed by atoms with Gasteiger partial charge in [0.1, 0.15) is 11.9 Å². The number of ketones is 2. The lowest BCUT2D eigenvalue weighted by Crippen LogP contribution is -2.43. The van der Waals surface area contributed by atoms with E-state index in [1.165, 1.54) is 0 Å². The van der Waals surface area contributed by atoms with Crippen molar-refractivity contribution in [1.29, 1.82) is 0 Å². The van der Waals surface area contributed by atoms with Crippen molar-refractivity contribution >= 4 is 11.6 Å². The number of aryl methyl sites for hydroxylation is 1. The number of carbonyl (C=O) groups excluding carboxylic acids is 2. The Morgan fingerprint density at radius 2 is 2.08 bits per heavy atom. The molecule has 200 valence electrons. The number of Topliss-reactive ketones (excluding diaryl/α,β-unsaturated/α-hetero) is 2. The Balaban J connectivity index is 1.55. The van der Waals surface area contributed by atoms with Gasteiger partial charge in [0.05, 0.1) is 17.5 Å². The number of aromatic nitrogens is 3. The normalized spacial score (nSPS) is 25.0. The number of aromatic amines is 1. The van der Waals surface area contributed by atoms with Gasteiger partial charge in [0.25, 0.3) is 11.7 Å². The van der Waals surface area contributed by atoms with E-state index in [2.05, 4.69) is 28.5 Å². The van der Waals surface area contributed by atoms with Gasteiger partial charge in [0, 0.05) is 35.1 Å². The fourth-order valence-corrected chi connectivity index (χ4v) is 6.32. The van der Waals surface area contributed by atoms with E-state index < -0.39 is 5.41 Å². The number of likely N-dealkylation sites (N-methyl/N-ethyl adjacent to an activating group) is 1. The molecule has 38 heavy (non-hydrogen) atoms. The second-order valence-electron chi connectivity index (χ2n) is 11.0. The van der Waals surface area contributed by atoms with Crippen LogP contribution in [0.1, 0.15) is 74.1 Å². The summed E-state index contributed by atoms with van der Waals surface area (Å²) in [5, 5.41) is 0. The fourth-order valence-electron chi connectivity index (χ4n) is 6.32. The molecule has 2 aromatic rings. The van der Waals surface area contributed by atoms with Crippen LogP contribution in [0.15, 0.2) is 48.3 Å².